The fraction of sp³-hybridized carbons (Fsp3) is 0.385. The van der Waals surface area contributed by atoms with Crippen LogP contribution in [-0.2, 0) is 0 Å². The smallest absolute Gasteiger partial charge is 0.161 e. The van der Waals surface area contributed by atoms with Crippen LogP contribution in [0.2, 0.25) is 0 Å². The molecule has 0 unspecified atom stereocenters. The summed E-state index contributed by atoms with van der Waals surface area (Å²) in [5.74, 6) is 1.75. The number of benzene rings is 1. The first-order valence-corrected chi connectivity index (χ1v) is 5.54. The van der Waals surface area contributed by atoms with E-state index in [0.29, 0.717) is 11.7 Å². The topological polar surface area (TPSA) is 44.2 Å². The molecular weight excluding hydrogens is 216 g/mol. The molecule has 0 radical (unpaired) electrons. The molecule has 2 aromatic rings. The van der Waals surface area contributed by atoms with Gasteiger partial charge in [0.2, 0.25) is 0 Å². The van der Waals surface area contributed by atoms with Crippen LogP contribution in [0.5, 0.6) is 11.5 Å². The maximum absolute atomic E-state index is 5.31. The van der Waals surface area contributed by atoms with E-state index in [0.717, 1.165) is 22.2 Å². The average molecular weight is 232 g/mol. The fourth-order valence-corrected chi connectivity index (χ4v) is 1.86. The molecule has 0 spiro atoms. The Bertz CT molecular complexity index is 538. The quantitative estimate of drug-likeness (QED) is 0.816. The van der Waals surface area contributed by atoms with Gasteiger partial charge >= 0.3 is 0 Å². The third-order valence-electron chi connectivity index (χ3n) is 2.74. The standard InChI is InChI=1S/C13H16N2O2/c1-8(2)13-10-6-12(17-4)11(16-3)5-9(10)7-14-15-13/h5-8H,1-4H3. The normalized spacial score (nSPS) is 10.9. The van der Waals surface area contributed by atoms with Crippen molar-refractivity contribution in [3.8, 4) is 11.5 Å². The molecule has 2 rings (SSSR count). The molecule has 0 amide bonds. The molecule has 4 nitrogen and oxygen atoms in total. The Morgan fingerprint density at radius 3 is 2.29 bits per heavy atom. The molecule has 0 fully saturated rings. The van der Waals surface area contributed by atoms with Crippen LogP contribution in [0.15, 0.2) is 18.3 Å². The van der Waals surface area contributed by atoms with Crippen LogP contribution in [0.4, 0.5) is 0 Å². The molecule has 4 heteroatoms. The van der Waals surface area contributed by atoms with Crippen LogP contribution in [0, 0.1) is 0 Å². The summed E-state index contributed by atoms with van der Waals surface area (Å²) in [7, 11) is 3.26. The Morgan fingerprint density at radius 2 is 1.71 bits per heavy atom. The van der Waals surface area contributed by atoms with E-state index in [1.807, 2.05) is 12.1 Å². The Hall–Kier alpha value is -1.84. The van der Waals surface area contributed by atoms with Crippen molar-refractivity contribution in [2.75, 3.05) is 14.2 Å². The molecule has 0 bridgehead atoms. The van der Waals surface area contributed by atoms with E-state index >= 15 is 0 Å². The van der Waals surface area contributed by atoms with Gasteiger partial charge in [0, 0.05) is 10.8 Å². The maximum Gasteiger partial charge on any atom is 0.161 e. The number of ether oxygens (including phenoxy) is 2. The molecule has 0 atom stereocenters. The lowest BCUT2D eigenvalue weighted by atomic mass is 10.0. The van der Waals surface area contributed by atoms with E-state index in [4.69, 9.17) is 9.47 Å². The third kappa shape index (κ3) is 2.02. The highest BCUT2D eigenvalue weighted by Gasteiger charge is 2.12. The lowest BCUT2D eigenvalue weighted by molar-refractivity contribution is 0.356. The number of rotatable bonds is 3. The van der Waals surface area contributed by atoms with Gasteiger partial charge in [0.25, 0.3) is 0 Å². The molecule has 1 aromatic heterocycles. The molecule has 0 aliphatic heterocycles. The van der Waals surface area contributed by atoms with E-state index in [1.165, 1.54) is 0 Å². The monoisotopic (exact) mass is 232 g/mol. The van der Waals surface area contributed by atoms with Crippen molar-refractivity contribution in [3.05, 3.63) is 24.0 Å². The second-order valence-electron chi connectivity index (χ2n) is 4.18. The zero-order valence-corrected chi connectivity index (χ0v) is 10.5. The number of nitrogens with zero attached hydrogens (tertiary/aromatic N) is 2. The van der Waals surface area contributed by atoms with Crippen LogP contribution >= 0.6 is 0 Å². The Kier molecular flexibility index (Phi) is 3.13. The van der Waals surface area contributed by atoms with Crippen molar-refractivity contribution in [2.24, 2.45) is 0 Å². The first-order chi connectivity index (χ1) is 8.17. The molecule has 0 saturated carbocycles. The second-order valence-corrected chi connectivity index (χ2v) is 4.18. The van der Waals surface area contributed by atoms with Gasteiger partial charge in [0.15, 0.2) is 11.5 Å². The minimum absolute atomic E-state index is 0.323. The molecule has 17 heavy (non-hydrogen) atoms. The van der Waals surface area contributed by atoms with Crippen molar-refractivity contribution < 1.29 is 9.47 Å². The Balaban J connectivity index is 2.73. The van der Waals surface area contributed by atoms with E-state index < -0.39 is 0 Å². The van der Waals surface area contributed by atoms with Gasteiger partial charge in [-0.3, -0.25) is 0 Å². The average Bonchev–Trinajstić information content (AvgIpc) is 2.35. The van der Waals surface area contributed by atoms with Crippen LogP contribution in [0.25, 0.3) is 10.8 Å². The molecule has 0 aliphatic rings. The highest BCUT2D eigenvalue weighted by atomic mass is 16.5. The summed E-state index contributed by atoms with van der Waals surface area (Å²) < 4.78 is 10.6. The van der Waals surface area contributed by atoms with Gasteiger partial charge in [-0.15, -0.1) is 0 Å². The molecule has 0 N–H and O–H groups in total. The van der Waals surface area contributed by atoms with E-state index in [1.54, 1.807) is 20.4 Å². The van der Waals surface area contributed by atoms with Crippen molar-refractivity contribution in [3.63, 3.8) is 0 Å². The summed E-state index contributed by atoms with van der Waals surface area (Å²) >= 11 is 0. The summed E-state index contributed by atoms with van der Waals surface area (Å²) in [6.07, 6.45) is 1.74. The fourth-order valence-electron chi connectivity index (χ4n) is 1.86. The van der Waals surface area contributed by atoms with Gasteiger partial charge < -0.3 is 9.47 Å². The van der Waals surface area contributed by atoms with Gasteiger partial charge in [0.05, 0.1) is 26.1 Å². The van der Waals surface area contributed by atoms with Crippen molar-refractivity contribution >= 4 is 10.8 Å². The molecule has 0 aliphatic carbocycles. The zero-order valence-electron chi connectivity index (χ0n) is 10.5. The van der Waals surface area contributed by atoms with Crippen molar-refractivity contribution in [1.29, 1.82) is 0 Å². The van der Waals surface area contributed by atoms with E-state index in [9.17, 15) is 0 Å². The lowest BCUT2D eigenvalue weighted by Gasteiger charge is -2.12. The van der Waals surface area contributed by atoms with Gasteiger partial charge in [-0.2, -0.15) is 10.2 Å². The molecule has 1 heterocycles. The second kappa shape index (κ2) is 4.57. The minimum Gasteiger partial charge on any atom is -0.493 e. The van der Waals surface area contributed by atoms with Gasteiger partial charge in [-0.05, 0) is 18.1 Å². The Morgan fingerprint density at radius 1 is 1.06 bits per heavy atom. The van der Waals surface area contributed by atoms with Gasteiger partial charge in [-0.1, -0.05) is 13.8 Å². The number of hydrogen-bond acceptors (Lipinski definition) is 4. The van der Waals surface area contributed by atoms with Crippen molar-refractivity contribution in [2.45, 2.75) is 19.8 Å². The SMILES string of the molecule is COc1cc2cnnc(C(C)C)c2cc1OC. The maximum atomic E-state index is 5.31. The van der Waals surface area contributed by atoms with Gasteiger partial charge in [-0.25, -0.2) is 0 Å². The highest BCUT2D eigenvalue weighted by molar-refractivity contribution is 5.87. The number of fused-ring (bicyclic) bond motifs is 1. The van der Waals surface area contributed by atoms with Gasteiger partial charge in [0.1, 0.15) is 0 Å². The number of aromatic nitrogens is 2. The number of hydrogen-bond donors (Lipinski definition) is 0. The third-order valence-corrected chi connectivity index (χ3v) is 2.74. The van der Waals surface area contributed by atoms with E-state index in [2.05, 4.69) is 24.0 Å². The largest absolute Gasteiger partial charge is 0.493 e. The first-order valence-electron chi connectivity index (χ1n) is 5.54. The summed E-state index contributed by atoms with van der Waals surface area (Å²) in [4.78, 5) is 0. The number of methoxy groups -OCH3 is 2. The molecule has 1 aromatic carbocycles. The molecule has 90 valence electrons. The summed E-state index contributed by atoms with van der Waals surface area (Å²) in [6.45, 7) is 4.19. The molecular formula is C13H16N2O2. The van der Waals surface area contributed by atoms with Crippen LogP contribution in [0.3, 0.4) is 0 Å². The minimum atomic E-state index is 0.323. The predicted molar refractivity (Wildman–Crippen MR) is 66.7 cm³/mol. The van der Waals surface area contributed by atoms with Crippen LogP contribution in [0.1, 0.15) is 25.5 Å². The van der Waals surface area contributed by atoms with E-state index in [-0.39, 0.29) is 0 Å². The first kappa shape index (κ1) is 11.6. The lowest BCUT2D eigenvalue weighted by Crippen LogP contribution is -1.98. The summed E-state index contributed by atoms with van der Waals surface area (Å²) in [5, 5.41) is 10.3. The van der Waals surface area contributed by atoms with Crippen LogP contribution in [-0.4, -0.2) is 24.4 Å². The summed E-state index contributed by atoms with van der Waals surface area (Å²) in [6, 6.07) is 3.88. The highest BCUT2D eigenvalue weighted by Crippen LogP contribution is 2.34. The predicted octanol–water partition coefficient (Wildman–Crippen LogP) is 2.77. The van der Waals surface area contributed by atoms with Crippen molar-refractivity contribution in [1.82, 2.24) is 10.2 Å². The molecule has 0 saturated heterocycles. The summed E-state index contributed by atoms with van der Waals surface area (Å²) in [5.41, 5.74) is 0.975. The zero-order chi connectivity index (χ0) is 12.4. The van der Waals surface area contributed by atoms with Crippen LogP contribution < -0.4 is 9.47 Å². The Labute approximate surface area is 101 Å².